The van der Waals surface area contributed by atoms with Gasteiger partial charge in [-0.05, 0) is 30.7 Å². The van der Waals surface area contributed by atoms with E-state index >= 15 is 0 Å². The van der Waals surface area contributed by atoms with E-state index in [9.17, 15) is 4.79 Å². The first-order chi connectivity index (χ1) is 13.2. The molecule has 0 fully saturated rings. The van der Waals surface area contributed by atoms with Crippen LogP contribution in [0.2, 0.25) is 0 Å². The Bertz CT molecular complexity index is 679. The van der Waals surface area contributed by atoms with Crippen LogP contribution in [-0.4, -0.2) is 46.5 Å². The van der Waals surface area contributed by atoms with Crippen molar-refractivity contribution in [2.75, 3.05) is 50.7 Å². The molecule has 0 aliphatic heterocycles. The summed E-state index contributed by atoms with van der Waals surface area (Å²) in [4.78, 5) is 14.3. The SMILES string of the molecule is COCCCOc1ccccc1NC(=O)NCCCN(C)c1ccccc1. The molecule has 2 aromatic rings. The molecule has 0 unspecified atom stereocenters. The van der Waals surface area contributed by atoms with Gasteiger partial charge in [0, 0.05) is 46.0 Å². The fourth-order valence-corrected chi connectivity index (χ4v) is 2.58. The van der Waals surface area contributed by atoms with Gasteiger partial charge >= 0.3 is 6.03 Å². The van der Waals surface area contributed by atoms with Gasteiger partial charge in [-0.25, -0.2) is 4.79 Å². The number of carbonyl (C=O) groups excluding carboxylic acids is 1. The van der Waals surface area contributed by atoms with Crippen LogP contribution in [0.3, 0.4) is 0 Å². The number of ether oxygens (including phenoxy) is 2. The van der Waals surface area contributed by atoms with E-state index in [0.717, 1.165) is 19.4 Å². The molecule has 0 saturated carbocycles. The first-order valence-corrected chi connectivity index (χ1v) is 9.22. The van der Waals surface area contributed by atoms with Crippen LogP contribution in [0.15, 0.2) is 54.6 Å². The summed E-state index contributed by atoms with van der Waals surface area (Å²) in [5, 5.41) is 5.74. The zero-order valence-corrected chi connectivity index (χ0v) is 16.1. The van der Waals surface area contributed by atoms with Crippen molar-refractivity contribution >= 4 is 17.4 Å². The summed E-state index contributed by atoms with van der Waals surface area (Å²) in [7, 11) is 3.71. The lowest BCUT2D eigenvalue weighted by atomic mass is 10.3. The fraction of sp³-hybridized carbons (Fsp3) is 0.381. The molecule has 0 heterocycles. The number of amides is 2. The standard InChI is InChI=1S/C21H29N3O3/c1-24(18-10-4-3-5-11-18)15-8-14-22-21(25)23-19-12-6-7-13-20(19)27-17-9-16-26-2/h3-7,10-13H,8-9,14-17H2,1-2H3,(H2,22,23,25). The Hall–Kier alpha value is -2.73. The molecule has 0 atom stereocenters. The number of nitrogens with zero attached hydrogens (tertiary/aromatic N) is 1. The molecule has 0 aliphatic rings. The van der Waals surface area contributed by atoms with E-state index in [4.69, 9.17) is 9.47 Å². The number of hydrogen-bond donors (Lipinski definition) is 2. The Balaban J connectivity index is 1.71. The molecule has 2 rings (SSSR count). The maximum atomic E-state index is 12.1. The van der Waals surface area contributed by atoms with Crippen molar-refractivity contribution in [3.63, 3.8) is 0 Å². The third kappa shape index (κ3) is 7.58. The maximum absolute atomic E-state index is 12.1. The van der Waals surface area contributed by atoms with Crippen LogP contribution in [0.25, 0.3) is 0 Å². The fourth-order valence-electron chi connectivity index (χ4n) is 2.58. The lowest BCUT2D eigenvalue weighted by molar-refractivity contribution is 0.172. The van der Waals surface area contributed by atoms with Crippen LogP contribution in [0.1, 0.15) is 12.8 Å². The van der Waals surface area contributed by atoms with Gasteiger partial charge in [-0.15, -0.1) is 0 Å². The molecule has 0 bridgehead atoms. The van der Waals surface area contributed by atoms with Crippen LogP contribution in [0.5, 0.6) is 5.75 Å². The molecule has 2 amide bonds. The molecule has 2 aromatic carbocycles. The minimum absolute atomic E-state index is 0.231. The van der Waals surface area contributed by atoms with E-state index in [1.54, 1.807) is 7.11 Å². The minimum Gasteiger partial charge on any atom is -0.491 e. The van der Waals surface area contributed by atoms with Gasteiger partial charge in [0.15, 0.2) is 0 Å². The van der Waals surface area contributed by atoms with Gasteiger partial charge in [-0.3, -0.25) is 0 Å². The number of rotatable bonds is 11. The molecule has 6 nitrogen and oxygen atoms in total. The van der Waals surface area contributed by atoms with Gasteiger partial charge in [0.1, 0.15) is 5.75 Å². The van der Waals surface area contributed by atoms with Crippen molar-refractivity contribution < 1.29 is 14.3 Å². The third-order valence-electron chi connectivity index (χ3n) is 4.04. The van der Waals surface area contributed by atoms with Gasteiger partial charge in [-0.1, -0.05) is 30.3 Å². The van der Waals surface area contributed by atoms with Gasteiger partial charge < -0.3 is 25.0 Å². The Morgan fingerprint density at radius 3 is 2.52 bits per heavy atom. The van der Waals surface area contributed by atoms with Gasteiger partial charge in [0.05, 0.1) is 12.3 Å². The summed E-state index contributed by atoms with van der Waals surface area (Å²) >= 11 is 0. The van der Waals surface area contributed by atoms with E-state index in [1.807, 2.05) is 49.5 Å². The monoisotopic (exact) mass is 371 g/mol. The third-order valence-corrected chi connectivity index (χ3v) is 4.04. The van der Waals surface area contributed by atoms with E-state index in [0.29, 0.717) is 31.2 Å². The Morgan fingerprint density at radius 2 is 1.74 bits per heavy atom. The minimum atomic E-state index is -0.231. The highest BCUT2D eigenvalue weighted by atomic mass is 16.5. The first-order valence-electron chi connectivity index (χ1n) is 9.22. The molecule has 146 valence electrons. The lowest BCUT2D eigenvalue weighted by Gasteiger charge is -2.19. The number of methoxy groups -OCH3 is 1. The number of para-hydroxylation sites is 3. The number of urea groups is 1. The van der Waals surface area contributed by atoms with Crippen molar-refractivity contribution in [2.24, 2.45) is 0 Å². The number of nitrogens with one attached hydrogen (secondary N) is 2. The Kier molecular flexibility index (Phi) is 9.00. The molecular weight excluding hydrogens is 342 g/mol. The summed E-state index contributed by atoms with van der Waals surface area (Å²) in [5.41, 5.74) is 1.83. The highest BCUT2D eigenvalue weighted by Gasteiger charge is 2.07. The largest absolute Gasteiger partial charge is 0.491 e. The van der Waals surface area contributed by atoms with Crippen LogP contribution < -0.4 is 20.3 Å². The molecule has 0 aromatic heterocycles. The predicted octanol–water partition coefficient (Wildman–Crippen LogP) is 3.75. The topological polar surface area (TPSA) is 62.8 Å². The molecular formula is C21H29N3O3. The molecule has 0 spiro atoms. The second kappa shape index (κ2) is 11.8. The summed E-state index contributed by atoms with van der Waals surface area (Å²) in [6, 6.07) is 17.4. The lowest BCUT2D eigenvalue weighted by Crippen LogP contribution is -2.31. The summed E-state index contributed by atoms with van der Waals surface area (Å²) in [6.45, 7) is 2.65. The molecule has 0 aliphatic carbocycles. The maximum Gasteiger partial charge on any atom is 0.319 e. The highest BCUT2D eigenvalue weighted by Crippen LogP contribution is 2.23. The molecule has 0 saturated heterocycles. The number of carbonyl (C=O) groups is 1. The zero-order chi connectivity index (χ0) is 19.3. The average Bonchev–Trinajstić information content (AvgIpc) is 2.70. The number of hydrogen-bond acceptors (Lipinski definition) is 4. The molecule has 27 heavy (non-hydrogen) atoms. The molecule has 6 heteroatoms. The second-order valence-corrected chi connectivity index (χ2v) is 6.18. The average molecular weight is 371 g/mol. The van der Waals surface area contributed by atoms with Crippen LogP contribution in [-0.2, 0) is 4.74 Å². The van der Waals surface area contributed by atoms with Crippen molar-refractivity contribution in [1.82, 2.24) is 5.32 Å². The Labute approximate surface area is 161 Å². The smallest absolute Gasteiger partial charge is 0.319 e. The molecule has 0 radical (unpaired) electrons. The summed E-state index contributed by atoms with van der Waals surface area (Å²) < 4.78 is 10.7. The van der Waals surface area contributed by atoms with Gasteiger partial charge in [-0.2, -0.15) is 0 Å². The van der Waals surface area contributed by atoms with E-state index in [-0.39, 0.29) is 6.03 Å². The Morgan fingerprint density at radius 1 is 1.00 bits per heavy atom. The van der Waals surface area contributed by atoms with E-state index in [2.05, 4.69) is 27.7 Å². The van der Waals surface area contributed by atoms with Crippen LogP contribution in [0.4, 0.5) is 16.2 Å². The van der Waals surface area contributed by atoms with Crippen LogP contribution >= 0.6 is 0 Å². The quantitative estimate of drug-likeness (QED) is 0.591. The van der Waals surface area contributed by atoms with Gasteiger partial charge in [0.2, 0.25) is 0 Å². The highest BCUT2D eigenvalue weighted by molar-refractivity contribution is 5.90. The normalized spacial score (nSPS) is 10.3. The van der Waals surface area contributed by atoms with Crippen molar-refractivity contribution in [2.45, 2.75) is 12.8 Å². The van der Waals surface area contributed by atoms with Crippen molar-refractivity contribution in [3.05, 3.63) is 54.6 Å². The first kappa shape index (κ1) is 20.6. The van der Waals surface area contributed by atoms with Crippen molar-refractivity contribution in [3.8, 4) is 5.75 Å². The number of benzene rings is 2. The van der Waals surface area contributed by atoms with E-state index < -0.39 is 0 Å². The van der Waals surface area contributed by atoms with E-state index in [1.165, 1.54) is 5.69 Å². The summed E-state index contributed by atoms with van der Waals surface area (Å²) in [5.74, 6) is 0.660. The predicted molar refractivity (Wildman–Crippen MR) is 110 cm³/mol. The van der Waals surface area contributed by atoms with Gasteiger partial charge in [0.25, 0.3) is 0 Å². The molecule has 2 N–H and O–H groups in total. The second-order valence-electron chi connectivity index (χ2n) is 6.18. The number of anilines is 2. The van der Waals surface area contributed by atoms with Crippen LogP contribution in [0, 0.1) is 0 Å². The summed E-state index contributed by atoms with van der Waals surface area (Å²) in [6.07, 6.45) is 1.65. The van der Waals surface area contributed by atoms with Crippen molar-refractivity contribution in [1.29, 1.82) is 0 Å². The zero-order valence-electron chi connectivity index (χ0n) is 16.1.